The first-order chi connectivity index (χ1) is 7.65. The van der Waals surface area contributed by atoms with Crippen molar-refractivity contribution >= 4 is 0 Å². The molecule has 1 aliphatic rings. The lowest BCUT2D eigenvalue weighted by atomic mass is 10.0. The van der Waals surface area contributed by atoms with Gasteiger partial charge in [-0.1, -0.05) is 0 Å². The molecule has 4 heteroatoms. The molecule has 4 nitrogen and oxygen atoms in total. The summed E-state index contributed by atoms with van der Waals surface area (Å²) in [5, 5.41) is 16.7. The third-order valence-electron chi connectivity index (χ3n) is 3.61. The van der Waals surface area contributed by atoms with Crippen LogP contribution in [0.3, 0.4) is 0 Å². The lowest BCUT2D eigenvalue weighted by molar-refractivity contribution is 0.243. The molecule has 2 N–H and O–H groups in total. The van der Waals surface area contributed by atoms with Gasteiger partial charge in [0.25, 0.3) is 0 Å². The van der Waals surface area contributed by atoms with Gasteiger partial charge >= 0.3 is 0 Å². The molecule has 0 aromatic carbocycles. The van der Waals surface area contributed by atoms with Gasteiger partial charge in [-0.3, -0.25) is 4.68 Å². The zero-order valence-corrected chi connectivity index (χ0v) is 10.1. The first-order valence-electron chi connectivity index (χ1n) is 5.98. The fourth-order valence-corrected chi connectivity index (χ4v) is 2.08. The Morgan fingerprint density at radius 2 is 2.38 bits per heavy atom. The van der Waals surface area contributed by atoms with Crippen LogP contribution in [0.1, 0.15) is 37.8 Å². The van der Waals surface area contributed by atoms with E-state index in [9.17, 15) is 0 Å². The van der Waals surface area contributed by atoms with Crippen molar-refractivity contribution < 1.29 is 5.11 Å². The Kier molecular flexibility index (Phi) is 3.30. The normalized spacial score (nSPS) is 19.7. The van der Waals surface area contributed by atoms with Crippen LogP contribution in [0.4, 0.5) is 0 Å². The van der Waals surface area contributed by atoms with E-state index >= 15 is 0 Å². The molecule has 1 aromatic rings. The first-order valence-corrected chi connectivity index (χ1v) is 5.98. The molecule has 0 aliphatic heterocycles. The first kappa shape index (κ1) is 11.6. The molecule has 1 fully saturated rings. The molecule has 1 aromatic heterocycles. The number of aliphatic hydroxyl groups excluding tert-OH is 1. The Balaban J connectivity index is 1.82. The van der Waals surface area contributed by atoms with Crippen molar-refractivity contribution in [1.29, 1.82) is 0 Å². The second-order valence-corrected chi connectivity index (χ2v) is 5.02. The third kappa shape index (κ3) is 2.62. The van der Waals surface area contributed by atoms with E-state index in [2.05, 4.69) is 17.3 Å². The Labute approximate surface area is 96.7 Å². The molecule has 0 spiro atoms. The molecule has 1 aliphatic carbocycles. The van der Waals surface area contributed by atoms with Crippen molar-refractivity contribution in [2.24, 2.45) is 12.5 Å². The van der Waals surface area contributed by atoms with Gasteiger partial charge < -0.3 is 10.4 Å². The molecule has 16 heavy (non-hydrogen) atoms. The number of hydrogen-bond donors (Lipinski definition) is 2. The minimum absolute atomic E-state index is 0.308. The van der Waals surface area contributed by atoms with Gasteiger partial charge in [-0.25, -0.2) is 0 Å². The molecule has 1 atom stereocenters. The highest BCUT2D eigenvalue weighted by Gasteiger charge is 2.41. The summed E-state index contributed by atoms with van der Waals surface area (Å²) < 4.78 is 1.83. The van der Waals surface area contributed by atoms with E-state index in [0.717, 1.165) is 13.0 Å². The summed E-state index contributed by atoms with van der Waals surface area (Å²) in [5.41, 5.74) is 1.60. The Morgan fingerprint density at radius 3 is 2.88 bits per heavy atom. The Morgan fingerprint density at radius 1 is 1.62 bits per heavy atom. The number of rotatable bonds is 6. The van der Waals surface area contributed by atoms with Crippen LogP contribution in [0, 0.1) is 5.41 Å². The SMILES string of the molecule is CC(NCC1(CCO)CC1)c1cnn(C)c1. The van der Waals surface area contributed by atoms with Crippen molar-refractivity contribution in [2.75, 3.05) is 13.2 Å². The van der Waals surface area contributed by atoms with Gasteiger partial charge in [0.05, 0.1) is 6.20 Å². The van der Waals surface area contributed by atoms with Gasteiger partial charge in [-0.2, -0.15) is 5.10 Å². The number of nitrogens with one attached hydrogen (secondary N) is 1. The average molecular weight is 223 g/mol. The van der Waals surface area contributed by atoms with Gasteiger partial charge in [0.1, 0.15) is 0 Å². The van der Waals surface area contributed by atoms with Gasteiger partial charge in [-0.05, 0) is 31.6 Å². The number of aliphatic hydroxyl groups is 1. The minimum Gasteiger partial charge on any atom is -0.396 e. The second-order valence-electron chi connectivity index (χ2n) is 5.02. The predicted octanol–water partition coefficient (Wildman–Crippen LogP) is 1.23. The van der Waals surface area contributed by atoms with Gasteiger partial charge in [0.2, 0.25) is 0 Å². The summed E-state index contributed by atoms with van der Waals surface area (Å²) in [5.74, 6) is 0. The van der Waals surface area contributed by atoms with E-state index < -0.39 is 0 Å². The van der Waals surface area contributed by atoms with Crippen molar-refractivity contribution in [3.05, 3.63) is 18.0 Å². The molecular weight excluding hydrogens is 202 g/mol. The summed E-state index contributed by atoms with van der Waals surface area (Å²) in [6.45, 7) is 3.47. The van der Waals surface area contributed by atoms with Crippen LogP contribution in [0.25, 0.3) is 0 Å². The van der Waals surface area contributed by atoms with Crippen LogP contribution < -0.4 is 5.32 Å². The summed E-state index contributed by atoms with van der Waals surface area (Å²) in [7, 11) is 1.93. The molecule has 2 rings (SSSR count). The zero-order chi connectivity index (χ0) is 11.6. The fraction of sp³-hybridized carbons (Fsp3) is 0.750. The maximum absolute atomic E-state index is 8.99. The van der Waals surface area contributed by atoms with Crippen LogP contribution in [0.5, 0.6) is 0 Å². The molecule has 1 saturated carbocycles. The molecule has 1 heterocycles. The number of hydrogen-bond acceptors (Lipinski definition) is 3. The highest BCUT2D eigenvalue weighted by atomic mass is 16.3. The van der Waals surface area contributed by atoms with Crippen LogP contribution in [0.15, 0.2) is 12.4 Å². The Bertz CT molecular complexity index is 344. The van der Waals surface area contributed by atoms with Crippen molar-refractivity contribution in [2.45, 2.75) is 32.2 Å². The van der Waals surface area contributed by atoms with Crippen molar-refractivity contribution in [3.63, 3.8) is 0 Å². The van der Waals surface area contributed by atoms with E-state index in [-0.39, 0.29) is 0 Å². The zero-order valence-electron chi connectivity index (χ0n) is 10.1. The lowest BCUT2D eigenvalue weighted by Gasteiger charge is -2.18. The molecule has 90 valence electrons. The van der Waals surface area contributed by atoms with E-state index in [1.807, 2.05) is 24.1 Å². The number of nitrogens with zero attached hydrogens (tertiary/aromatic N) is 2. The lowest BCUT2D eigenvalue weighted by Crippen LogP contribution is -2.27. The van der Waals surface area contributed by atoms with E-state index in [0.29, 0.717) is 18.1 Å². The molecule has 0 amide bonds. The molecule has 1 unspecified atom stereocenters. The maximum atomic E-state index is 8.99. The highest BCUT2D eigenvalue weighted by molar-refractivity contribution is 5.09. The molecular formula is C12H21N3O. The van der Waals surface area contributed by atoms with Gasteiger partial charge in [0, 0.05) is 38.0 Å². The van der Waals surface area contributed by atoms with Crippen LogP contribution in [-0.2, 0) is 7.05 Å². The van der Waals surface area contributed by atoms with E-state index in [4.69, 9.17) is 5.11 Å². The van der Waals surface area contributed by atoms with E-state index in [1.165, 1.54) is 18.4 Å². The summed E-state index contributed by atoms with van der Waals surface area (Å²) in [6.07, 6.45) is 7.38. The average Bonchev–Trinajstić information content (AvgIpc) is 2.89. The van der Waals surface area contributed by atoms with Crippen LogP contribution in [-0.4, -0.2) is 28.0 Å². The largest absolute Gasteiger partial charge is 0.396 e. The third-order valence-corrected chi connectivity index (χ3v) is 3.61. The number of aryl methyl sites for hydroxylation is 1. The minimum atomic E-state index is 0.308. The molecule has 0 saturated heterocycles. The standard InChI is InChI=1S/C12H21N3O/c1-10(11-7-14-15(2)8-11)13-9-12(3-4-12)5-6-16/h7-8,10,13,16H,3-6,9H2,1-2H3. The smallest absolute Gasteiger partial charge is 0.0537 e. The summed E-state index contributed by atoms with van der Waals surface area (Å²) >= 11 is 0. The van der Waals surface area contributed by atoms with E-state index in [1.54, 1.807) is 0 Å². The predicted molar refractivity (Wildman–Crippen MR) is 63.0 cm³/mol. The summed E-state index contributed by atoms with van der Waals surface area (Å²) in [6, 6.07) is 0.338. The Hall–Kier alpha value is -0.870. The highest BCUT2D eigenvalue weighted by Crippen LogP contribution is 2.48. The second kappa shape index (κ2) is 4.55. The monoisotopic (exact) mass is 223 g/mol. The fourth-order valence-electron chi connectivity index (χ4n) is 2.08. The van der Waals surface area contributed by atoms with Crippen molar-refractivity contribution in [3.8, 4) is 0 Å². The maximum Gasteiger partial charge on any atom is 0.0537 e. The van der Waals surface area contributed by atoms with Crippen molar-refractivity contribution in [1.82, 2.24) is 15.1 Å². The quantitative estimate of drug-likeness (QED) is 0.762. The topological polar surface area (TPSA) is 50.1 Å². The number of aromatic nitrogens is 2. The summed E-state index contributed by atoms with van der Waals surface area (Å²) in [4.78, 5) is 0. The van der Waals surface area contributed by atoms with Gasteiger partial charge in [-0.15, -0.1) is 0 Å². The molecule has 0 bridgehead atoms. The van der Waals surface area contributed by atoms with Gasteiger partial charge in [0.15, 0.2) is 0 Å². The van der Waals surface area contributed by atoms with Crippen LogP contribution in [0.2, 0.25) is 0 Å². The molecule has 0 radical (unpaired) electrons. The van der Waals surface area contributed by atoms with Crippen LogP contribution >= 0.6 is 0 Å².